The SMILES string of the molecule is CCCN(CCNCc1sccc1C)CC(F)(F)F. The topological polar surface area (TPSA) is 15.3 Å². The Morgan fingerprint density at radius 3 is 2.58 bits per heavy atom. The summed E-state index contributed by atoms with van der Waals surface area (Å²) in [6.45, 7) is 5.34. The molecule has 0 radical (unpaired) electrons. The Morgan fingerprint density at radius 1 is 1.32 bits per heavy atom. The van der Waals surface area contributed by atoms with Gasteiger partial charge in [0.25, 0.3) is 0 Å². The van der Waals surface area contributed by atoms with Gasteiger partial charge in [-0.05, 0) is 36.9 Å². The van der Waals surface area contributed by atoms with E-state index in [1.165, 1.54) is 15.3 Å². The van der Waals surface area contributed by atoms with E-state index in [4.69, 9.17) is 0 Å². The summed E-state index contributed by atoms with van der Waals surface area (Å²) in [7, 11) is 0. The normalized spacial score (nSPS) is 12.3. The van der Waals surface area contributed by atoms with Gasteiger partial charge in [0.15, 0.2) is 0 Å². The number of thiophene rings is 1. The molecule has 110 valence electrons. The van der Waals surface area contributed by atoms with Crippen LogP contribution in [0.3, 0.4) is 0 Å². The summed E-state index contributed by atoms with van der Waals surface area (Å²) in [5.41, 5.74) is 1.23. The second-order valence-electron chi connectivity index (χ2n) is 4.59. The van der Waals surface area contributed by atoms with Crippen molar-refractivity contribution in [2.75, 3.05) is 26.2 Å². The fourth-order valence-electron chi connectivity index (χ4n) is 1.86. The minimum absolute atomic E-state index is 0.428. The van der Waals surface area contributed by atoms with Crippen LogP contribution in [0.25, 0.3) is 0 Å². The quantitative estimate of drug-likeness (QED) is 0.739. The molecular formula is C13H21F3N2S. The van der Waals surface area contributed by atoms with E-state index in [1.807, 2.05) is 19.2 Å². The Labute approximate surface area is 116 Å². The second kappa shape index (κ2) is 7.87. The molecule has 0 aliphatic carbocycles. The average molecular weight is 294 g/mol. The van der Waals surface area contributed by atoms with E-state index in [1.54, 1.807) is 11.3 Å². The van der Waals surface area contributed by atoms with Crippen molar-refractivity contribution in [2.24, 2.45) is 0 Å². The molecule has 0 unspecified atom stereocenters. The Bertz CT molecular complexity index is 363. The lowest BCUT2D eigenvalue weighted by Crippen LogP contribution is -2.39. The van der Waals surface area contributed by atoms with Crippen molar-refractivity contribution in [3.05, 3.63) is 21.9 Å². The molecule has 0 aliphatic heterocycles. The van der Waals surface area contributed by atoms with Gasteiger partial charge in [0.05, 0.1) is 6.54 Å². The molecule has 1 aromatic heterocycles. The van der Waals surface area contributed by atoms with E-state index in [-0.39, 0.29) is 0 Å². The van der Waals surface area contributed by atoms with Crippen molar-refractivity contribution in [3.63, 3.8) is 0 Å². The van der Waals surface area contributed by atoms with Gasteiger partial charge in [-0.25, -0.2) is 0 Å². The van der Waals surface area contributed by atoms with Crippen molar-refractivity contribution in [1.29, 1.82) is 0 Å². The first-order chi connectivity index (χ1) is 8.92. The molecule has 0 bridgehead atoms. The Morgan fingerprint density at radius 2 is 2.05 bits per heavy atom. The highest BCUT2D eigenvalue weighted by atomic mass is 32.1. The molecule has 1 N–H and O–H groups in total. The zero-order valence-corrected chi connectivity index (χ0v) is 12.2. The maximum Gasteiger partial charge on any atom is 0.401 e. The van der Waals surface area contributed by atoms with Crippen LogP contribution in [0.15, 0.2) is 11.4 Å². The number of hydrogen-bond acceptors (Lipinski definition) is 3. The fourth-order valence-corrected chi connectivity index (χ4v) is 2.74. The van der Waals surface area contributed by atoms with Gasteiger partial charge in [0.1, 0.15) is 0 Å². The zero-order chi connectivity index (χ0) is 14.3. The van der Waals surface area contributed by atoms with Crippen LogP contribution in [0, 0.1) is 6.92 Å². The number of aryl methyl sites for hydroxylation is 1. The van der Waals surface area contributed by atoms with Crippen LogP contribution in [-0.2, 0) is 6.54 Å². The van der Waals surface area contributed by atoms with E-state index in [0.717, 1.165) is 13.0 Å². The Kier molecular flexibility index (Phi) is 6.82. The summed E-state index contributed by atoms with van der Waals surface area (Å²) in [6, 6.07) is 2.05. The van der Waals surface area contributed by atoms with Crippen LogP contribution in [-0.4, -0.2) is 37.3 Å². The molecule has 2 nitrogen and oxygen atoms in total. The number of rotatable bonds is 8. The standard InChI is InChI=1S/C13H21F3N2S/c1-3-6-18(10-13(14,15)16)7-5-17-9-12-11(2)4-8-19-12/h4,8,17H,3,5-7,9-10H2,1-2H3. The summed E-state index contributed by atoms with van der Waals surface area (Å²) >= 11 is 1.67. The lowest BCUT2D eigenvalue weighted by atomic mass is 10.3. The molecule has 0 saturated heterocycles. The van der Waals surface area contributed by atoms with Crippen molar-refractivity contribution in [1.82, 2.24) is 10.2 Å². The van der Waals surface area contributed by atoms with E-state index in [9.17, 15) is 13.2 Å². The highest BCUT2D eigenvalue weighted by Crippen LogP contribution is 2.17. The minimum Gasteiger partial charge on any atom is -0.311 e. The molecule has 0 atom stereocenters. The minimum atomic E-state index is -4.11. The number of alkyl halides is 3. The van der Waals surface area contributed by atoms with E-state index >= 15 is 0 Å². The molecule has 1 rings (SSSR count). The second-order valence-corrected chi connectivity index (χ2v) is 5.60. The van der Waals surface area contributed by atoms with Gasteiger partial charge in [-0.15, -0.1) is 11.3 Å². The molecular weight excluding hydrogens is 273 g/mol. The van der Waals surface area contributed by atoms with Gasteiger partial charge in [-0.3, -0.25) is 4.90 Å². The smallest absolute Gasteiger partial charge is 0.311 e. The van der Waals surface area contributed by atoms with Gasteiger partial charge >= 0.3 is 6.18 Å². The third-order valence-corrected chi connectivity index (χ3v) is 3.82. The number of hydrogen-bond donors (Lipinski definition) is 1. The third-order valence-electron chi connectivity index (χ3n) is 2.80. The highest BCUT2D eigenvalue weighted by molar-refractivity contribution is 7.10. The van der Waals surface area contributed by atoms with Crippen LogP contribution in [0.4, 0.5) is 13.2 Å². The van der Waals surface area contributed by atoms with Gasteiger partial charge in [-0.2, -0.15) is 13.2 Å². The first-order valence-corrected chi connectivity index (χ1v) is 7.33. The molecule has 1 heterocycles. The van der Waals surface area contributed by atoms with Crippen molar-refractivity contribution in [2.45, 2.75) is 33.0 Å². The van der Waals surface area contributed by atoms with Crippen molar-refractivity contribution in [3.8, 4) is 0 Å². The summed E-state index contributed by atoms with van der Waals surface area (Å²) in [6.07, 6.45) is -3.38. The summed E-state index contributed by atoms with van der Waals surface area (Å²) in [4.78, 5) is 2.70. The molecule has 6 heteroatoms. The van der Waals surface area contributed by atoms with Crippen LogP contribution < -0.4 is 5.32 Å². The fraction of sp³-hybridized carbons (Fsp3) is 0.692. The molecule has 19 heavy (non-hydrogen) atoms. The number of halogens is 3. The molecule has 0 fully saturated rings. The molecule has 0 saturated carbocycles. The van der Waals surface area contributed by atoms with Crippen LogP contribution in [0.5, 0.6) is 0 Å². The molecule has 0 aliphatic rings. The van der Waals surface area contributed by atoms with Crippen molar-refractivity contribution < 1.29 is 13.2 Å². The lowest BCUT2D eigenvalue weighted by molar-refractivity contribution is -0.145. The molecule has 0 aromatic carbocycles. The van der Waals surface area contributed by atoms with E-state index < -0.39 is 12.7 Å². The third kappa shape index (κ3) is 6.94. The Hall–Kier alpha value is -0.590. The summed E-state index contributed by atoms with van der Waals surface area (Å²) < 4.78 is 37.1. The molecule has 0 amide bonds. The predicted octanol–water partition coefficient (Wildman–Crippen LogP) is 3.42. The maximum atomic E-state index is 12.4. The highest BCUT2D eigenvalue weighted by Gasteiger charge is 2.29. The summed E-state index contributed by atoms with van der Waals surface area (Å²) in [5.74, 6) is 0. The van der Waals surface area contributed by atoms with Gasteiger partial charge in [0.2, 0.25) is 0 Å². The molecule has 1 aromatic rings. The van der Waals surface area contributed by atoms with Gasteiger partial charge in [-0.1, -0.05) is 6.92 Å². The monoisotopic (exact) mass is 294 g/mol. The van der Waals surface area contributed by atoms with Crippen LogP contribution in [0.1, 0.15) is 23.8 Å². The average Bonchev–Trinajstić information content (AvgIpc) is 2.68. The van der Waals surface area contributed by atoms with Crippen LogP contribution >= 0.6 is 11.3 Å². The van der Waals surface area contributed by atoms with Gasteiger partial charge in [0, 0.05) is 24.5 Å². The summed E-state index contributed by atoms with van der Waals surface area (Å²) in [5, 5.41) is 5.23. The predicted molar refractivity (Wildman–Crippen MR) is 73.5 cm³/mol. The largest absolute Gasteiger partial charge is 0.401 e. The van der Waals surface area contributed by atoms with Gasteiger partial charge < -0.3 is 5.32 Å². The first kappa shape index (κ1) is 16.5. The van der Waals surface area contributed by atoms with Crippen LogP contribution in [0.2, 0.25) is 0 Å². The Balaban J connectivity index is 2.26. The number of nitrogens with one attached hydrogen (secondary N) is 1. The maximum absolute atomic E-state index is 12.4. The number of nitrogens with zero attached hydrogens (tertiary/aromatic N) is 1. The molecule has 0 spiro atoms. The van der Waals surface area contributed by atoms with E-state index in [0.29, 0.717) is 19.6 Å². The lowest BCUT2D eigenvalue weighted by Gasteiger charge is -2.23. The van der Waals surface area contributed by atoms with E-state index in [2.05, 4.69) is 11.4 Å². The zero-order valence-electron chi connectivity index (χ0n) is 11.4. The first-order valence-electron chi connectivity index (χ1n) is 6.45. The van der Waals surface area contributed by atoms with Crippen molar-refractivity contribution >= 4 is 11.3 Å².